The molecule has 2 aromatic rings. The van der Waals surface area contributed by atoms with Crippen LogP contribution in [0.15, 0.2) is 48.5 Å². The van der Waals surface area contributed by atoms with Gasteiger partial charge in [0.15, 0.2) is 5.78 Å². The first kappa shape index (κ1) is 22.4. The van der Waals surface area contributed by atoms with Gasteiger partial charge in [-0.05, 0) is 48.9 Å². The lowest BCUT2D eigenvalue weighted by Crippen LogP contribution is -3.00. The number of rotatable bonds is 4. The van der Waals surface area contributed by atoms with Crippen LogP contribution in [0.3, 0.4) is 0 Å². The van der Waals surface area contributed by atoms with Crippen LogP contribution in [-0.2, 0) is 5.60 Å². The first-order chi connectivity index (χ1) is 12.3. The molecule has 1 aliphatic heterocycles. The molecule has 0 spiro atoms. The maximum absolute atomic E-state index is 13.3. The van der Waals surface area contributed by atoms with Crippen LogP contribution in [0, 0.1) is 5.92 Å². The number of Topliss-reactive ketones (excluding diaryl/α,β-unsaturated/α-hetero) is 1. The number of carbonyl (C=O) groups excluding carboxylic acids is 1. The molecule has 0 amide bonds. The second-order valence-electron chi connectivity index (χ2n) is 7.45. The number of piperidine rings is 1. The molecule has 1 saturated heterocycles. The van der Waals surface area contributed by atoms with E-state index in [0.717, 1.165) is 23.1 Å². The van der Waals surface area contributed by atoms with Gasteiger partial charge in [0.2, 0.25) is 0 Å². The van der Waals surface area contributed by atoms with E-state index >= 15 is 0 Å². The number of halogens is 3. The minimum absolute atomic E-state index is 0. The van der Waals surface area contributed by atoms with Crippen molar-refractivity contribution in [3.63, 3.8) is 0 Å². The van der Waals surface area contributed by atoms with Crippen molar-refractivity contribution >= 4 is 29.0 Å². The van der Waals surface area contributed by atoms with Gasteiger partial charge >= 0.3 is 0 Å². The van der Waals surface area contributed by atoms with Gasteiger partial charge in [0, 0.05) is 22.0 Å². The Balaban J connectivity index is 0.00000261. The van der Waals surface area contributed by atoms with Gasteiger partial charge in [-0.3, -0.25) is 4.79 Å². The zero-order valence-electron chi connectivity index (χ0n) is 15.5. The van der Waals surface area contributed by atoms with E-state index in [-0.39, 0.29) is 22.8 Å². The molecule has 3 nitrogen and oxygen atoms in total. The number of hydrogen-bond acceptors (Lipinski definition) is 2. The molecule has 1 heterocycles. The third-order valence-corrected chi connectivity index (χ3v) is 6.29. The van der Waals surface area contributed by atoms with Crippen LogP contribution in [-0.4, -0.2) is 42.1 Å². The summed E-state index contributed by atoms with van der Waals surface area (Å²) in [5.74, 6) is -0.569. The SMILES string of the molecule is CC[N+]1(C)CC[C@@](O)(c2ccc(Cl)cc2)[C@H](C(=O)c2ccc(Cl)cc2)C1.[Br-]. The molecule has 3 rings (SSSR count). The lowest BCUT2D eigenvalue weighted by molar-refractivity contribution is -0.917. The van der Waals surface area contributed by atoms with Crippen molar-refractivity contribution in [2.24, 2.45) is 5.92 Å². The van der Waals surface area contributed by atoms with Crippen LogP contribution in [0.5, 0.6) is 0 Å². The average Bonchev–Trinajstić information content (AvgIpc) is 2.64. The maximum atomic E-state index is 13.3. The van der Waals surface area contributed by atoms with Crippen LogP contribution in [0.1, 0.15) is 29.3 Å². The summed E-state index contributed by atoms with van der Waals surface area (Å²) < 4.78 is 0.764. The zero-order chi connectivity index (χ0) is 18.9. The fraction of sp³-hybridized carbons (Fsp3) is 0.381. The van der Waals surface area contributed by atoms with E-state index in [1.807, 2.05) is 12.1 Å². The minimum atomic E-state index is -1.20. The van der Waals surface area contributed by atoms with E-state index in [9.17, 15) is 9.90 Å². The molecule has 1 aliphatic rings. The molecule has 0 bridgehead atoms. The van der Waals surface area contributed by atoms with Crippen molar-refractivity contribution in [2.75, 3.05) is 26.7 Å². The number of benzene rings is 2. The topological polar surface area (TPSA) is 37.3 Å². The highest BCUT2D eigenvalue weighted by Gasteiger charge is 2.51. The summed E-state index contributed by atoms with van der Waals surface area (Å²) in [4.78, 5) is 13.3. The third-order valence-electron chi connectivity index (χ3n) is 5.79. The van der Waals surface area contributed by atoms with E-state index in [0.29, 0.717) is 28.6 Å². The number of nitrogens with zero attached hydrogens (tertiary/aromatic N) is 1. The molecule has 3 atom stereocenters. The predicted molar refractivity (Wildman–Crippen MR) is 106 cm³/mol. The lowest BCUT2D eigenvalue weighted by atomic mass is 9.72. The van der Waals surface area contributed by atoms with Crippen LogP contribution in [0.25, 0.3) is 0 Å². The third kappa shape index (κ3) is 4.57. The van der Waals surface area contributed by atoms with Crippen molar-refractivity contribution in [1.29, 1.82) is 0 Å². The highest BCUT2D eigenvalue weighted by atomic mass is 79.9. The largest absolute Gasteiger partial charge is 1.00 e. The standard InChI is InChI=1S/C21H24Cl2NO2.BrH/c1-3-24(2)13-12-21(26,16-6-10-18(23)11-7-16)19(14-24)20(25)15-4-8-17(22)9-5-15;/h4-11,19,26H,3,12-14H2,1-2H3;1H/q+1;/p-1/t19-,21+,24?;/m0./s1. The van der Waals surface area contributed by atoms with Gasteiger partial charge in [-0.2, -0.15) is 0 Å². The van der Waals surface area contributed by atoms with Crippen LogP contribution in [0.4, 0.5) is 0 Å². The molecule has 1 N–H and O–H groups in total. The molecule has 6 heteroatoms. The molecule has 0 aromatic heterocycles. The van der Waals surface area contributed by atoms with E-state index in [1.54, 1.807) is 36.4 Å². The maximum Gasteiger partial charge on any atom is 0.174 e. The Labute approximate surface area is 181 Å². The van der Waals surface area contributed by atoms with Crippen LogP contribution >= 0.6 is 23.2 Å². The van der Waals surface area contributed by atoms with Crippen molar-refractivity contribution in [2.45, 2.75) is 18.9 Å². The summed E-state index contributed by atoms with van der Waals surface area (Å²) in [6.07, 6.45) is 0.531. The number of ketones is 1. The zero-order valence-corrected chi connectivity index (χ0v) is 18.6. The monoisotopic (exact) mass is 471 g/mol. The molecular weight excluding hydrogens is 449 g/mol. The first-order valence-corrected chi connectivity index (χ1v) is 9.65. The van der Waals surface area contributed by atoms with Gasteiger partial charge in [-0.1, -0.05) is 35.3 Å². The Morgan fingerprint density at radius 1 is 1.11 bits per heavy atom. The normalized spacial score (nSPS) is 27.7. The Morgan fingerprint density at radius 3 is 2.15 bits per heavy atom. The summed E-state index contributed by atoms with van der Waals surface area (Å²) in [6.45, 7) is 4.45. The second kappa shape index (κ2) is 8.62. The predicted octanol–water partition coefficient (Wildman–Crippen LogP) is 1.55. The fourth-order valence-electron chi connectivity index (χ4n) is 3.78. The van der Waals surface area contributed by atoms with Crippen molar-refractivity contribution in [3.05, 3.63) is 69.7 Å². The molecule has 2 aromatic carbocycles. The molecule has 0 radical (unpaired) electrons. The van der Waals surface area contributed by atoms with Crippen LogP contribution < -0.4 is 17.0 Å². The minimum Gasteiger partial charge on any atom is -1.00 e. The number of carbonyl (C=O) groups is 1. The quantitative estimate of drug-likeness (QED) is 0.541. The Hall–Kier alpha value is -0.910. The van der Waals surface area contributed by atoms with Crippen LogP contribution in [0.2, 0.25) is 10.0 Å². The summed E-state index contributed by atoms with van der Waals surface area (Å²) in [6, 6.07) is 14.1. The Morgan fingerprint density at radius 2 is 1.63 bits per heavy atom. The Bertz CT molecular complexity index is 797. The van der Waals surface area contributed by atoms with E-state index in [4.69, 9.17) is 23.2 Å². The summed E-state index contributed by atoms with van der Waals surface area (Å²) >= 11 is 12.0. The van der Waals surface area contributed by atoms with Gasteiger partial charge in [0.25, 0.3) is 0 Å². The van der Waals surface area contributed by atoms with Gasteiger partial charge < -0.3 is 26.6 Å². The lowest BCUT2D eigenvalue weighted by Gasteiger charge is -2.48. The molecular formula is C21H24BrCl2NO2. The highest BCUT2D eigenvalue weighted by Crippen LogP contribution is 2.41. The Kier molecular flexibility index (Phi) is 7.15. The van der Waals surface area contributed by atoms with Gasteiger partial charge in [-0.15, -0.1) is 0 Å². The summed E-state index contributed by atoms with van der Waals surface area (Å²) in [7, 11) is 2.14. The van der Waals surface area contributed by atoms with E-state index in [2.05, 4.69) is 14.0 Å². The number of quaternary nitrogens is 1. The highest BCUT2D eigenvalue weighted by molar-refractivity contribution is 6.30. The number of hydrogen-bond donors (Lipinski definition) is 1. The van der Waals surface area contributed by atoms with Gasteiger partial charge in [0.05, 0.1) is 26.7 Å². The second-order valence-corrected chi connectivity index (χ2v) is 8.32. The molecule has 27 heavy (non-hydrogen) atoms. The molecule has 1 fully saturated rings. The number of aliphatic hydroxyl groups is 1. The fourth-order valence-corrected chi connectivity index (χ4v) is 4.04. The molecule has 146 valence electrons. The van der Waals surface area contributed by atoms with Crippen molar-refractivity contribution in [3.8, 4) is 0 Å². The first-order valence-electron chi connectivity index (χ1n) is 8.89. The number of likely N-dealkylation sites (tertiary alicyclic amines) is 1. The average molecular weight is 473 g/mol. The molecule has 1 unspecified atom stereocenters. The van der Waals surface area contributed by atoms with Crippen molar-refractivity contribution in [1.82, 2.24) is 0 Å². The molecule has 0 saturated carbocycles. The van der Waals surface area contributed by atoms with Gasteiger partial charge in [0.1, 0.15) is 11.5 Å². The smallest absolute Gasteiger partial charge is 0.174 e. The van der Waals surface area contributed by atoms with Crippen molar-refractivity contribution < 1.29 is 31.4 Å². The summed E-state index contributed by atoms with van der Waals surface area (Å²) in [5, 5.41) is 12.8. The summed E-state index contributed by atoms with van der Waals surface area (Å²) in [5.41, 5.74) is 0.127. The van der Waals surface area contributed by atoms with E-state index in [1.165, 1.54) is 0 Å². The van der Waals surface area contributed by atoms with Gasteiger partial charge in [-0.25, -0.2) is 0 Å². The van der Waals surface area contributed by atoms with E-state index < -0.39 is 11.5 Å². The molecule has 0 aliphatic carbocycles.